The topological polar surface area (TPSA) is 47.0 Å². The summed E-state index contributed by atoms with van der Waals surface area (Å²) in [7, 11) is 1.82. The van der Waals surface area contributed by atoms with E-state index < -0.39 is 0 Å². The van der Waals surface area contributed by atoms with Gasteiger partial charge in [0.2, 0.25) is 5.88 Å². The van der Waals surface area contributed by atoms with Crippen molar-refractivity contribution in [3.63, 3.8) is 0 Å². The largest absolute Gasteiger partial charge is 0.439 e. The first-order valence-corrected chi connectivity index (χ1v) is 6.14. The van der Waals surface area contributed by atoms with Crippen LogP contribution in [-0.2, 0) is 12.8 Å². The number of aryl methyl sites for hydroxylation is 2. The van der Waals surface area contributed by atoms with Gasteiger partial charge in [-0.15, -0.1) is 0 Å². The first-order valence-electron chi connectivity index (χ1n) is 6.14. The van der Waals surface area contributed by atoms with E-state index in [0.717, 1.165) is 18.0 Å². The van der Waals surface area contributed by atoms with Gasteiger partial charge in [-0.2, -0.15) is 0 Å². The van der Waals surface area contributed by atoms with Gasteiger partial charge in [-0.25, -0.2) is 9.97 Å². The predicted molar refractivity (Wildman–Crippen MR) is 70.1 cm³/mol. The molecule has 0 saturated heterocycles. The zero-order valence-electron chi connectivity index (χ0n) is 10.3. The number of hydrogen-bond donors (Lipinski definition) is 1. The van der Waals surface area contributed by atoms with Gasteiger partial charge in [0.25, 0.3) is 0 Å². The molecule has 1 aliphatic rings. The second-order valence-electron chi connectivity index (χ2n) is 4.38. The maximum atomic E-state index is 5.75. The van der Waals surface area contributed by atoms with E-state index in [1.54, 1.807) is 6.07 Å². The minimum absolute atomic E-state index is 0.562. The molecule has 1 aliphatic carbocycles. The van der Waals surface area contributed by atoms with Crippen LogP contribution in [0, 0.1) is 0 Å². The van der Waals surface area contributed by atoms with Crippen molar-refractivity contribution >= 4 is 5.82 Å². The number of nitrogens with zero attached hydrogens (tertiary/aromatic N) is 2. The fraction of sp³-hybridized carbons (Fsp3) is 0.286. The van der Waals surface area contributed by atoms with Crippen molar-refractivity contribution in [1.29, 1.82) is 0 Å². The molecule has 0 unspecified atom stereocenters. The summed E-state index contributed by atoms with van der Waals surface area (Å²) in [5, 5.41) is 2.96. The van der Waals surface area contributed by atoms with Gasteiger partial charge in [0.15, 0.2) is 0 Å². The lowest BCUT2D eigenvalue weighted by molar-refractivity contribution is 0.461. The first kappa shape index (κ1) is 11.0. The Kier molecular flexibility index (Phi) is 2.84. The van der Waals surface area contributed by atoms with Crippen molar-refractivity contribution in [2.24, 2.45) is 0 Å². The molecule has 1 N–H and O–H groups in total. The third kappa shape index (κ3) is 2.14. The number of rotatable bonds is 3. The molecule has 0 fully saturated rings. The summed E-state index contributed by atoms with van der Waals surface area (Å²) in [5.41, 5.74) is 2.84. The maximum absolute atomic E-state index is 5.75. The van der Waals surface area contributed by atoms with Gasteiger partial charge in [-0.1, -0.05) is 6.07 Å². The summed E-state index contributed by atoms with van der Waals surface area (Å²) >= 11 is 0. The minimum Gasteiger partial charge on any atom is -0.439 e. The zero-order valence-corrected chi connectivity index (χ0v) is 10.3. The molecule has 18 heavy (non-hydrogen) atoms. The van der Waals surface area contributed by atoms with Crippen molar-refractivity contribution in [3.05, 3.63) is 41.7 Å². The minimum atomic E-state index is 0.562. The van der Waals surface area contributed by atoms with Crippen LogP contribution in [0.15, 0.2) is 30.6 Å². The second kappa shape index (κ2) is 4.64. The third-order valence-corrected chi connectivity index (χ3v) is 3.19. The van der Waals surface area contributed by atoms with Gasteiger partial charge < -0.3 is 10.1 Å². The lowest BCUT2D eigenvalue weighted by atomic mass is 10.1. The molecule has 0 saturated carbocycles. The number of anilines is 1. The van der Waals surface area contributed by atoms with Crippen molar-refractivity contribution < 1.29 is 4.74 Å². The molecule has 4 nitrogen and oxygen atoms in total. The Labute approximate surface area is 106 Å². The van der Waals surface area contributed by atoms with E-state index in [9.17, 15) is 0 Å². The molecule has 1 aromatic carbocycles. The van der Waals surface area contributed by atoms with Gasteiger partial charge in [0.05, 0.1) is 0 Å². The molecule has 0 amide bonds. The van der Waals surface area contributed by atoms with Crippen LogP contribution in [0.4, 0.5) is 5.82 Å². The lowest BCUT2D eigenvalue weighted by Gasteiger charge is -2.07. The first-order chi connectivity index (χ1) is 8.85. The number of benzene rings is 1. The van der Waals surface area contributed by atoms with Crippen molar-refractivity contribution in [2.45, 2.75) is 19.3 Å². The van der Waals surface area contributed by atoms with E-state index in [0.29, 0.717) is 5.88 Å². The highest BCUT2D eigenvalue weighted by molar-refractivity contribution is 5.41. The molecular weight excluding hydrogens is 226 g/mol. The van der Waals surface area contributed by atoms with Crippen LogP contribution in [0.25, 0.3) is 0 Å². The fourth-order valence-corrected chi connectivity index (χ4v) is 2.26. The van der Waals surface area contributed by atoms with Crippen LogP contribution in [0.2, 0.25) is 0 Å². The van der Waals surface area contributed by atoms with Crippen molar-refractivity contribution in [2.75, 3.05) is 12.4 Å². The van der Waals surface area contributed by atoms with Crippen molar-refractivity contribution in [1.82, 2.24) is 9.97 Å². The van der Waals surface area contributed by atoms with Crippen LogP contribution in [0.3, 0.4) is 0 Å². The molecule has 0 aliphatic heterocycles. The molecule has 0 bridgehead atoms. The lowest BCUT2D eigenvalue weighted by Crippen LogP contribution is -1.95. The molecule has 1 aromatic heterocycles. The molecular formula is C14H15N3O. The molecule has 1 heterocycles. The highest BCUT2D eigenvalue weighted by Gasteiger charge is 2.11. The van der Waals surface area contributed by atoms with Crippen LogP contribution in [0.5, 0.6) is 11.6 Å². The monoisotopic (exact) mass is 241 g/mol. The maximum Gasteiger partial charge on any atom is 0.224 e. The van der Waals surface area contributed by atoms with E-state index in [1.165, 1.54) is 30.3 Å². The summed E-state index contributed by atoms with van der Waals surface area (Å²) in [6.45, 7) is 0. The summed E-state index contributed by atoms with van der Waals surface area (Å²) in [5.74, 6) is 2.16. The average Bonchev–Trinajstić information content (AvgIpc) is 2.86. The summed E-state index contributed by atoms with van der Waals surface area (Å²) in [4.78, 5) is 8.16. The van der Waals surface area contributed by atoms with Gasteiger partial charge in [-0.05, 0) is 42.5 Å². The van der Waals surface area contributed by atoms with Gasteiger partial charge in [0, 0.05) is 13.1 Å². The standard InChI is InChI=1S/C14H15N3O/c1-15-13-8-14(17-9-16-13)18-12-6-5-10-3-2-4-11(10)7-12/h5-9H,2-4H2,1H3,(H,15,16,17). The normalized spacial score (nSPS) is 13.2. The van der Waals surface area contributed by atoms with Gasteiger partial charge in [0.1, 0.15) is 17.9 Å². The smallest absolute Gasteiger partial charge is 0.224 e. The molecule has 4 heteroatoms. The Morgan fingerprint density at radius 1 is 1.11 bits per heavy atom. The number of hydrogen-bond acceptors (Lipinski definition) is 4. The molecule has 0 spiro atoms. The van der Waals surface area contributed by atoms with Crippen LogP contribution >= 0.6 is 0 Å². The summed E-state index contributed by atoms with van der Waals surface area (Å²) < 4.78 is 5.75. The van der Waals surface area contributed by atoms with E-state index >= 15 is 0 Å². The quantitative estimate of drug-likeness (QED) is 0.897. The zero-order chi connectivity index (χ0) is 12.4. The fourth-order valence-electron chi connectivity index (χ4n) is 2.26. The van der Waals surface area contributed by atoms with E-state index in [2.05, 4.69) is 27.4 Å². The Balaban J connectivity index is 1.83. The third-order valence-electron chi connectivity index (χ3n) is 3.19. The molecule has 2 aromatic rings. The summed E-state index contributed by atoms with van der Waals surface area (Å²) in [6, 6.07) is 8.06. The van der Waals surface area contributed by atoms with Gasteiger partial charge >= 0.3 is 0 Å². The molecule has 0 atom stereocenters. The Morgan fingerprint density at radius 3 is 2.89 bits per heavy atom. The van der Waals surface area contributed by atoms with Crippen LogP contribution < -0.4 is 10.1 Å². The number of aromatic nitrogens is 2. The Bertz CT molecular complexity index is 569. The predicted octanol–water partition coefficient (Wildman–Crippen LogP) is 2.80. The van der Waals surface area contributed by atoms with E-state index in [1.807, 2.05) is 13.1 Å². The second-order valence-corrected chi connectivity index (χ2v) is 4.38. The highest BCUT2D eigenvalue weighted by Crippen LogP contribution is 2.28. The number of fused-ring (bicyclic) bond motifs is 1. The number of ether oxygens (including phenoxy) is 1. The number of nitrogens with one attached hydrogen (secondary N) is 1. The molecule has 3 rings (SSSR count). The SMILES string of the molecule is CNc1cc(Oc2ccc3c(c2)CCC3)ncn1. The van der Waals surface area contributed by atoms with Crippen LogP contribution in [0.1, 0.15) is 17.5 Å². The molecule has 0 radical (unpaired) electrons. The average molecular weight is 241 g/mol. The Hall–Kier alpha value is -2.10. The summed E-state index contributed by atoms with van der Waals surface area (Å²) in [6.07, 6.45) is 5.08. The van der Waals surface area contributed by atoms with E-state index in [4.69, 9.17) is 4.74 Å². The molecule has 92 valence electrons. The highest BCUT2D eigenvalue weighted by atomic mass is 16.5. The Morgan fingerprint density at radius 2 is 2.00 bits per heavy atom. The van der Waals surface area contributed by atoms with Gasteiger partial charge in [-0.3, -0.25) is 0 Å². The van der Waals surface area contributed by atoms with E-state index in [-0.39, 0.29) is 0 Å². The van der Waals surface area contributed by atoms with Crippen molar-refractivity contribution in [3.8, 4) is 11.6 Å². The van der Waals surface area contributed by atoms with Crippen LogP contribution in [-0.4, -0.2) is 17.0 Å².